The SMILES string of the molecule is NC(=O)C(Cc1ccccc1)NC(=O)c1ccc(C(=O)O)s1. The lowest BCUT2D eigenvalue weighted by molar-refractivity contribution is -0.119. The van der Waals surface area contributed by atoms with Crippen LogP contribution in [0.15, 0.2) is 42.5 Å². The Hall–Kier alpha value is -2.67. The number of carbonyl (C=O) groups is 3. The van der Waals surface area contributed by atoms with Gasteiger partial charge in [0, 0.05) is 6.42 Å². The topological polar surface area (TPSA) is 109 Å². The number of carboxylic acids is 1. The lowest BCUT2D eigenvalue weighted by Crippen LogP contribution is -2.45. The standard InChI is InChI=1S/C15H14N2O4S/c16-13(18)10(8-9-4-2-1-3-5-9)17-14(19)11-6-7-12(22-11)15(20)21/h1-7,10H,8H2,(H2,16,18)(H,17,19)(H,20,21). The van der Waals surface area contributed by atoms with Crippen molar-refractivity contribution in [2.75, 3.05) is 0 Å². The van der Waals surface area contributed by atoms with Crippen molar-refractivity contribution in [3.8, 4) is 0 Å². The number of hydrogen-bond acceptors (Lipinski definition) is 4. The molecule has 1 unspecified atom stereocenters. The average Bonchev–Trinajstić information content (AvgIpc) is 2.97. The molecule has 2 rings (SSSR count). The number of rotatable bonds is 6. The second kappa shape index (κ2) is 6.86. The molecule has 1 aromatic carbocycles. The largest absolute Gasteiger partial charge is 0.477 e. The average molecular weight is 318 g/mol. The molecule has 1 atom stereocenters. The molecule has 0 saturated heterocycles. The fourth-order valence-electron chi connectivity index (χ4n) is 1.88. The molecule has 6 nitrogen and oxygen atoms in total. The van der Waals surface area contributed by atoms with E-state index in [9.17, 15) is 14.4 Å². The highest BCUT2D eigenvalue weighted by Gasteiger charge is 2.21. The summed E-state index contributed by atoms with van der Waals surface area (Å²) in [5.41, 5.74) is 6.18. The van der Waals surface area contributed by atoms with E-state index in [2.05, 4.69) is 5.32 Å². The van der Waals surface area contributed by atoms with E-state index >= 15 is 0 Å². The number of benzene rings is 1. The minimum atomic E-state index is -1.10. The minimum Gasteiger partial charge on any atom is -0.477 e. The molecular formula is C15H14N2O4S. The molecule has 2 aromatic rings. The normalized spacial score (nSPS) is 11.6. The van der Waals surface area contributed by atoms with Crippen molar-refractivity contribution in [1.29, 1.82) is 0 Å². The highest BCUT2D eigenvalue weighted by Crippen LogP contribution is 2.16. The van der Waals surface area contributed by atoms with Crippen molar-refractivity contribution in [2.45, 2.75) is 12.5 Å². The molecule has 1 heterocycles. The predicted molar refractivity (Wildman–Crippen MR) is 81.9 cm³/mol. The van der Waals surface area contributed by atoms with Crippen LogP contribution in [0, 0.1) is 0 Å². The molecule has 1 aromatic heterocycles. The van der Waals surface area contributed by atoms with Gasteiger partial charge in [0.15, 0.2) is 0 Å². The van der Waals surface area contributed by atoms with Gasteiger partial charge in [-0.05, 0) is 17.7 Å². The van der Waals surface area contributed by atoms with Crippen LogP contribution < -0.4 is 11.1 Å². The van der Waals surface area contributed by atoms with Gasteiger partial charge < -0.3 is 16.2 Å². The maximum atomic E-state index is 12.1. The van der Waals surface area contributed by atoms with Crippen molar-refractivity contribution in [1.82, 2.24) is 5.32 Å². The quantitative estimate of drug-likeness (QED) is 0.745. The van der Waals surface area contributed by atoms with Crippen molar-refractivity contribution < 1.29 is 19.5 Å². The Labute approximate surface area is 130 Å². The van der Waals surface area contributed by atoms with Gasteiger partial charge >= 0.3 is 5.97 Å². The van der Waals surface area contributed by atoms with Crippen LogP contribution in [0.25, 0.3) is 0 Å². The second-order valence-corrected chi connectivity index (χ2v) is 5.67. The Balaban J connectivity index is 2.08. The third kappa shape index (κ3) is 3.92. The van der Waals surface area contributed by atoms with Gasteiger partial charge in [-0.1, -0.05) is 30.3 Å². The fraction of sp³-hybridized carbons (Fsp3) is 0.133. The van der Waals surface area contributed by atoms with Gasteiger partial charge in [-0.25, -0.2) is 4.79 Å². The summed E-state index contributed by atoms with van der Waals surface area (Å²) >= 11 is 0.845. The Bertz CT molecular complexity index is 697. The van der Waals surface area contributed by atoms with Crippen molar-refractivity contribution in [3.05, 3.63) is 57.8 Å². The number of hydrogen-bond donors (Lipinski definition) is 3. The summed E-state index contributed by atoms with van der Waals surface area (Å²) in [6.07, 6.45) is 0.277. The molecule has 22 heavy (non-hydrogen) atoms. The van der Waals surface area contributed by atoms with Crippen LogP contribution >= 0.6 is 11.3 Å². The molecule has 0 aliphatic carbocycles. The molecule has 4 N–H and O–H groups in total. The summed E-state index contributed by atoms with van der Waals surface area (Å²) in [6.45, 7) is 0. The van der Waals surface area contributed by atoms with E-state index in [-0.39, 0.29) is 16.2 Å². The van der Waals surface area contributed by atoms with E-state index in [4.69, 9.17) is 10.8 Å². The molecule has 114 valence electrons. The van der Waals surface area contributed by atoms with Crippen LogP contribution in [0.4, 0.5) is 0 Å². The van der Waals surface area contributed by atoms with Gasteiger partial charge in [-0.2, -0.15) is 0 Å². The maximum Gasteiger partial charge on any atom is 0.345 e. The highest BCUT2D eigenvalue weighted by molar-refractivity contribution is 7.15. The zero-order valence-corrected chi connectivity index (χ0v) is 12.3. The molecule has 0 fully saturated rings. The molecule has 0 aliphatic heterocycles. The van der Waals surface area contributed by atoms with Crippen LogP contribution in [0.2, 0.25) is 0 Å². The fourth-order valence-corrected chi connectivity index (χ4v) is 2.62. The Morgan fingerprint density at radius 2 is 1.73 bits per heavy atom. The third-order valence-corrected chi connectivity index (χ3v) is 4.04. The van der Waals surface area contributed by atoms with Crippen molar-refractivity contribution in [3.63, 3.8) is 0 Å². The Morgan fingerprint density at radius 1 is 1.09 bits per heavy atom. The molecule has 0 radical (unpaired) electrons. The number of carboxylic acid groups (broad SMARTS) is 1. The van der Waals surface area contributed by atoms with Crippen LogP contribution in [0.3, 0.4) is 0 Å². The number of amides is 2. The number of thiophene rings is 1. The Kier molecular flexibility index (Phi) is 4.90. The molecular weight excluding hydrogens is 304 g/mol. The van der Waals surface area contributed by atoms with E-state index in [1.54, 1.807) is 0 Å². The molecule has 7 heteroatoms. The summed E-state index contributed by atoms with van der Waals surface area (Å²) in [6, 6.07) is 11.1. The third-order valence-electron chi connectivity index (χ3n) is 2.97. The van der Waals surface area contributed by atoms with Gasteiger partial charge in [-0.3, -0.25) is 9.59 Å². The molecule has 0 saturated carbocycles. The lowest BCUT2D eigenvalue weighted by atomic mass is 10.1. The van der Waals surface area contributed by atoms with Crippen LogP contribution in [-0.2, 0) is 11.2 Å². The van der Waals surface area contributed by atoms with Crippen molar-refractivity contribution >= 4 is 29.1 Å². The predicted octanol–water partition coefficient (Wildman–Crippen LogP) is 1.27. The molecule has 2 amide bonds. The number of aromatic carboxylic acids is 1. The van der Waals surface area contributed by atoms with Crippen molar-refractivity contribution in [2.24, 2.45) is 5.73 Å². The zero-order chi connectivity index (χ0) is 16.1. The first kappa shape index (κ1) is 15.7. The number of nitrogens with one attached hydrogen (secondary N) is 1. The van der Waals surface area contributed by atoms with Crippen LogP contribution in [0.1, 0.15) is 24.9 Å². The molecule has 0 bridgehead atoms. The van der Waals surface area contributed by atoms with Gasteiger partial charge in [-0.15, -0.1) is 11.3 Å². The van der Waals surface area contributed by atoms with E-state index < -0.39 is 23.8 Å². The first-order chi connectivity index (χ1) is 10.5. The number of carbonyl (C=O) groups excluding carboxylic acids is 2. The first-order valence-electron chi connectivity index (χ1n) is 6.44. The van der Waals surface area contributed by atoms with Gasteiger partial charge in [0.05, 0.1) is 4.88 Å². The van der Waals surface area contributed by atoms with Crippen LogP contribution in [0.5, 0.6) is 0 Å². The number of nitrogens with two attached hydrogens (primary N) is 1. The maximum absolute atomic E-state index is 12.1. The lowest BCUT2D eigenvalue weighted by Gasteiger charge is -2.15. The highest BCUT2D eigenvalue weighted by atomic mass is 32.1. The monoisotopic (exact) mass is 318 g/mol. The smallest absolute Gasteiger partial charge is 0.345 e. The molecule has 0 spiro atoms. The van der Waals surface area contributed by atoms with E-state index in [0.29, 0.717) is 0 Å². The summed E-state index contributed by atoms with van der Waals surface area (Å²) in [7, 11) is 0. The van der Waals surface area contributed by atoms with E-state index in [1.807, 2.05) is 30.3 Å². The summed E-state index contributed by atoms with van der Waals surface area (Å²) in [5, 5.41) is 11.4. The summed E-state index contributed by atoms with van der Waals surface area (Å²) in [4.78, 5) is 34.7. The first-order valence-corrected chi connectivity index (χ1v) is 7.26. The summed E-state index contributed by atoms with van der Waals surface area (Å²) < 4.78 is 0. The summed E-state index contributed by atoms with van der Waals surface area (Å²) in [5.74, 6) is -2.26. The van der Waals surface area contributed by atoms with Gasteiger partial charge in [0.2, 0.25) is 5.91 Å². The van der Waals surface area contributed by atoms with Gasteiger partial charge in [0.1, 0.15) is 10.9 Å². The van der Waals surface area contributed by atoms with Crippen LogP contribution in [-0.4, -0.2) is 28.9 Å². The minimum absolute atomic E-state index is 0.0591. The molecule has 0 aliphatic rings. The zero-order valence-electron chi connectivity index (χ0n) is 11.5. The Morgan fingerprint density at radius 3 is 2.27 bits per heavy atom. The second-order valence-electron chi connectivity index (χ2n) is 4.59. The van der Waals surface area contributed by atoms with E-state index in [0.717, 1.165) is 16.9 Å². The van der Waals surface area contributed by atoms with Gasteiger partial charge in [0.25, 0.3) is 5.91 Å². The number of primary amides is 1. The van der Waals surface area contributed by atoms with E-state index in [1.165, 1.54) is 12.1 Å².